The summed E-state index contributed by atoms with van der Waals surface area (Å²) in [6, 6.07) is 5.98. The first-order valence-corrected chi connectivity index (χ1v) is 8.03. The molecule has 0 bridgehead atoms. The Kier molecular flexibility index (Phi) is 7.23. The molecule has 0 radical (unpaired) electrons. The van der Waals surface area contributed by atoms with Crippen molar-refractivity contribution >= 4 is 17.5 Å². The van der Waals surface area contributed by atoms with Gasteiger partial charge in [0.05, 0.1) is 5.69 Å². The van der Waals surface area contributed by atoms with Gasteiger partial charge in [-0.05, 0) is 38.1 Å². The summed E-state index contributed by atoms with van der Waals surface area (Å²) in [5, 5.41) is 2.86. The highest BCUT2D eigenvalue weighted by Crippen LogP contribution is 2.30. The second-order valence-electron chi connectivity index (χ2n) is 6.43. The van der Waals surface area contributed by atoms with Crippen LogP contribution in [0.15, 0.2) is 18.2 Å². The lowest BCUT2D eigenvalue weighted by atomic mass is 9.97. The van der Waals surface area contributed by atoms with E-state index in [1.165, 1.54) is 6.92 Å². The summed E-state index contributed by atoms with van der Waals surface area (Å²) in [4.78, 5) is 27.9. The van der Waals surface area contributed by atoms with E-state index in [-0.39, 0.29) is 24.3 Å². The number of nitrogens with one attached hydrogen (secondary N) is 1. The molecule has 5 heteroatoms. The van der Waals surface area contributed by atoms with Crippen LogP contribution >= 0.6 is 0 Å². The van der Waals surface area contributed by atoms with Gasteiger partial charge in [0.1, 0.15) is 6.54 Å². The zero-order valence-corrected chi connectivity index (χ0v) is 15.1. The lowest BCUT2D eigenvalue weighted by Crippen LogP contribution is -2.42. The third-order valence-corrected chi connectivity index (χ3v) is 3.72. The van der Waals surface area contributed by atoms with Crippen molar-refractivity contribution in [2.24, 2.45) is 0 Å². The normalized spacial score (nSPS) is 11.0. The molecule has 0 aliphatic carbocycles. The van der Waals surface area contributed by atoms with Gasteiger partial charge in [0, 0.05) is 20.0 Å². The second-order valence-corrected chi connectivity index (χ2v) is 6.43. The van der Waals surface area contributed by atoms with E-state index in [4.69, 9.17) is 0 Å². The fourth-order valence-corrected chi connectivity index (χ4v) is 2.48. The van der Waals surface area contributed by atoms with Crippen LogP contribution in [0.4, 0.5) is 5.69 Å². The van der Waals surface area contributed by atoms with E-state index in [1.807, 2.05) is 44.1 Å². The number of carbonyl (C=O) groups excluding carboxylic acids is 2. The average Bonchev–Trinajstić information content (AvgIpc) is 2.44. The number of carbonyl (C=O) groups is 2. The Labute approximate surface area is 139 Å². The van der Waals surface area contributed by atoms with Crippen LogP contribution in [-0.2, 0) is 9.59 Å². The molecule has 0 atom stereocenters. The number of likely N-dealkylation sites (N-methyl/N-ethyl adjacent to an activating group) is 1. The average molecular weight is 319 g/mol. The maximum absolute atomic E-state index is 12.2. The predicted octanol–water partition coefficient (Wildman–Crippen LogP) is 2.15. The lowest BCUT2D eigenvalue weighted by Gasteiger charge is -2.27. The summed E-state index contributed by atoms with van der Waals surface area (Å²) in [6.45, 7) is 9.05. The highest BCUT2D eigenvalue weighted by Gasteiger charge is 2.21. The smallest absolute Gasteiger partial charge is 0.240 e. The molecule has 1 rings (SSSR count). The van der Waals surface area contributed by atoms with Crippen LogP contribution in [-0.4, -0.2) is 50.4 Å². The summed E-state index contributed by atoms with van der Waals surface area (Å²) in [7, 11) is 3.91. The van der Waals surface area contributed by atoms with Crippen molar-refractivity contribution in [2.45, 2.75) is 33.6 Å². The van der Waals surface area contributed by atoms with Crippen LogP contribution in [0.2, 0.25) is 0 Å². The van der Waals surface area contributed by atoms with Crippen molar-refractivity contribution in [3.8, 4) is 0 Å². The number of nitrogens with zero attached hydrogens (tertiary/aromatic N) is 2. The molecule has 0 heterocycles. The predicted molar refractivity (Wildman–Crippen MR) is 94.9 cm³/mol. The van der Waals surface area contributed by atoms with Crippen molar-refractivity contribution in [3.05, 3.63) is 29.3 Å². The zero-order chi connectivity index (χ0) is 17.6. The molecule has 0 unspecified atom stereocenters. The van der Waals surface area contributed by atoms with Gasteiger partial charge >= 0.3 is 0 Å². The highest BCUT2D eigenvalue weighted by atomic mass is 16.2. The van der Waals surface area contributed by atoms with Gasteiger partial charge in [-0.3, -0.25) is 9.59 Å². The van der Waals surface area contributed by atoms with E-state index in [0.29, 0.717) is 6.54 Å². The van der Waals surface area contributed by atoms with Gasteiger partial charge in [-0.1, -0.05) is 32.0 Å². The number of hydrogen-bond donors (Lipinski definition) is 1. The van der Waals surface area contributed by atoms with Gasteiger partial charge in [0.15, 0.2) is 0 Å². The minimum atomic E-state index is -0.139. The Hall–Kier alpha value is -1.88. The summed E-state index contributed by atoms with van der Waals surface area (Å²) >= 11 is 0. The molecule has 0 fully saturated rings. The molecule has 5 nitrogen and oxygen atoms in total. The van der Waals surface area contributed by atoms with Gasteiger partial charge in [-0.25, -0.2) is 0 Å². The number of rotatable bonds is 7. The van der Waals surface area contributed by atoms with Crippen molar-refractivity contribution in [2.75, 3.05) is 38.6 Å². The first kappa shape index (κ1) is 19.2. The SMILES string of the molecule is CC(=O)N(CC(=O)NCCN(C)C)c1c(C)cccc1C(C)C. The maximum Gasteiger partial charge on any atom is 0.240 e. The molecule has 1 N–H and O–H groups in total. The Morgan fingerprint density at radius 1 is 1.22 bits per heavy atom. The van der Waals surface area contributed by atoms with Crippen molar-refractivity contribution in [1.29, 1.82) is 0 Å². The third-order valence-electron chi connectivity index (χ3n) is 3.72. The standard InChI is InChI=1S/C18H29N3O2/c1-13(2)16-9-7-8-14(3)18(16)21(15(4)22)12-17(23)19-10-11-20(5)6/h7-9,13H,10-12H2,1-6H3,(H,19,23). The van der Waals surface area contributed by atoms with Gasteiger partial charge in [0.2, 0.25) is 11.8 Å². The highest BCUT2D eigenvalue weighted by molar-refractivity contribution is 5.98. The summed E-state index contributed by atoms with van der Waals surface area (Å²) < 4.78 is 0. The van der Waals surface area contributed by atoms with Crippen LogP contribution in [0.3, 0.4) is 0 Å². The maximum atomic E-state index is 12.2. The second kappa shape index (κ2) is 8.67. The number of benzene rings is 1. The van der Waals surface area contributed by atoms with E-state index < -0.39 is 0 Å². The molecular formula is C18H29N3O2. The Bertz CT molecular complexity index is 553. The molecule has 1 aromatic carbocycles. The molecule has 0 aliphatic heterocycles. The minimum Gasteiger partial charge on any atom is -0.353 e. The van der Waals surface area contributed by atoms with Crippen molar-refractivity contribution < 1.29 is 9.59 Å². The van der Waals surface area contributed by atoms with Gasteiger partial charge < -0.3 is 15.1 Å². The third kappa shape index (κ3) is 5.67. The van der Waals surface area contributed by atoms with E-state index in [1.54, 1.807) is 4.90 Å². The number of amides is 2. The van der Waals surface area contributed by atoms with E-state index in [2.05, 4.69) is 19.2 Å². The Morgan fingerprint density at radius 3 is 2.39 bits per heavy atom. The van der Waals surface area contributed by atoms with E-state index >= 15 is 0 Å². The van der Waals surface area contributed by atoms with Crippen molar-refractivity contribution in [1.82, 2.24) is 10.2 Å². The number of hydrogen-bond acceptors (Lipinski definition) is 3. The summed E-state index contributed by atoms with van der Waals surface area (Å²) in [5.41, 5.74) is 2.95. The number of anilines is 1. The van der Waals surface area contributed by atoms with E-state index in [0.717, 1.165) is 23.4 Å². The number of aryl methyl sites for hydroxylation is 1. The largest absolute Gasteiger partial charge is 0.353 e. The molecule has 0 aliphatic rings. The van der Waals surface area contributed by atoms with Crippen LogP contribution in [0.5, 0.6) is 0 Å². The monoisotopic (exact) mass is 319 g/mol. The Balaban J connectivity index is 2.96. The van der Waals surface area contributed by atoms with Crippen LogP contribution in [0.25, 0.3) is 0 Å². The van der Waals surface area contributed by atoms with Crippen molar-refractivity contribution in [3.63, 3.8) is 0 Å². The molecule has 0 saturated carbocycles. The lowest BCUT2D eigenvalue weighted by molar-refractivity contribution is -0.123. The van der Waals surface area contributed by atoms with Gasteiger partial charge in [0.25, 0.3) is 0 Å². The van der Waals surface area contributed by atoms with Crippen LogP contribution in [0.1, 0.15) is 37.8 Å². The summed E-state index contributed by atoms with van der Waals surface area (Å²) in [6.07, 6.45) is 0. The fraction of sp³-hybridized carbons (Fsp3) is 0.556. The molecule has 0 saturated heterocycles. The molecule has 1 aromatic rings. The van der Waals surface area contributed by atoms with Crippen LogP contribution < -0.4 is 10.2 Å². The topological polar surface area (TPSA) is 52.7 Å². The van der Waals surface area contributed by atoms with Gasteiger partial charge in [-0.15, -0.1) is 0 Å². The molecule has 0 spiro atoms. The molecule has 0 aromatic heterocycles. The quantitative estimate of drug-likeness (QED) is 0.838. The molecule has 23 heavy (non-hydrogen) atoms. The fourth-order valence-electron chi connectivity index (χ4n) is 2.48. The van der Waals surface area contributed by atoms with Crippen LogP contribution in [0, 0.1) is 6.92 Å². The first-order chi connectivity index (χ1) is 10.7. The Morgan fingerprint density at radius 2 is 1.87 bits per heavy atom. The van der Waals surface area contributed by atoms with Gasteiger partial charge in [-0.2, -0.15) is 0 Å². The summed E-state index contributed by atoms with van der Waals surface area (Å²) in [5.74, 6) is 0.0209. The number of para-hydroxylation sites is 1. The molecule has 2 amide bonds. The molecular weight excluding hydrogens is 290 g/mol. The molecule has 128 valence electrons. The minimum absolute atomic E-state index is 0.0489. The van der Waals surface area contributed by atoms with E-state index in [9.17, 15) is 9.59 Å². The zero-order valence-electron chi connectivity index (χ0n) is 15.1. The first-order valence-electron chi connectivity index (χ1n) is 8.03.